The molecule has 32 heavy (non-hydrogen) atoms. The van der Waals surface area contributed by atoms with Crippen LogP contribution in [0.5, 0.6) is 0 Å². The Morgan fingerprint density at radius 1 is 0.812 bits per heavy atom. The van der Waals surface area contributed by atoms with Crippen LogP contribution in [-0.4, -0.2) is 5.11 Å². The summed E-state index contributed by atoms with van der Waals surface area (Å²) in [4.78, 5) is 0. The van der Waals surface area contributed by atoms with E-state index >= 15 is 0 Å². The van der Waals surface area contributed by atoms with E-state index in [4.69, 9.17) is 11.6 Å². The Morgan fingerprint density at radius 2 is 1.38 bits per heavy atom. The first kappa shape index (κ1) is 22.4. The van der Waals surface area contributed by atoms with Gasteiger partial charge in [0.05, 0.1) is 0 Å². The number of hydrogen-bond acceptors (Lipinski definition) is 1. The maximum atomic E-state index is 12.0. The number of rotatable bonds is 4. The second-order valence-corrected chi connectivity index (χ2v) is 9.05. The van der Waals surface area contributed by atoms with E-state index in [1.165, 1.54) is 19.3 Å². The van der Waals surface area contributed by atoms with Crippen LogP contribution < -0.4 is 0 Å². The first-order valence-corrected chi connectivity index (χ1v) is 11.8. The van der Waals surface area contributed by atoms with E-state index in [-0.39, 0.29) is 0 Å². The molecule has 0 spiro atoms. The highest BCUT2D eigenvalue weighted by Gasteiger charge is 2.34. The number of halogens is 1. The van der Waals surface area contributed by atoms with Crippen molar-refractivity contribution < 1.29 is 5.11 Å². The van der Waals surface area contributed by atoms with Crippen LogP contribution in [0.1, 0.15) is 55.7 Å². The topological polar surface area (TPSA) is 20.2 Å². The molecular weight excluding hydrogens is 412 g/mol. The summed E-state index contributed by atoms with van der Waals surface area (Å²) in [5.74, 6) is 7.49. The smallest absolute Gasteiger partial charge is 0.115 e. The molecule has 4 rings (SSSR count). The predicted octanol–water partition coefficient (Wildman–Crippen LogP) is 7.74. The monoisotopic (exact) mass is 440 g/mol. The van der Waals surface area contributed by atoms with Crippen molar-refractivity contribution in [3.05, 3.63) is 107 Å². The first-order valence-electron chi connectivity index (χ1n) is 11.4. The lowest BCUT2D eigenvalue weighted by molar-refractivity contribution is 0.123. The van der Waals surface area contributed by atoms with E-state index in [2.05, 4.69) is 24.0 Å². The molecule has 162 valence electrons. The van der Waals surface area contributed by atoms with Crippen LogP contribution in [0.15, 0.2) is 84.9 Å². The minimum Gasteiger partial charge on any atom is -0.381 e. The average molecular weight is 441 g/mol. The van der Waals surface area contributed by atoms with Gasteiger partial charge in [0.15, 0.2) is 0 Å². The van der Waals surface area contributed by atoms with Crippen molar-refractivity contribution in [1.82, 2.24) is 0 Å². The number of aliphatic hydroxyl groups is 1. The predicted molar refractivity (Wildman–Crippen MR) is 135 cm³/mol. The van der Waals surface area contributed by atoms with Gasteiger partial charge < -0.3 is 5.11 Å². The van der Waals surface area contributed by atoms with Gasteiger partial charge in [-0.25, -0.2) is 0 Å². The zero-order chi connectivity index (χ0) is 22.4. The summed E-state index contributed by atoms with van der Waals surface area (Å²) < 4.78 is 0. The lowest BCUT2D eigenvalue weighted by Crippen LogP contribution is -2.25. The maximum absolute atomic E-state index is 12.0. The summed E-state index contributed by atoms with van der Waals surface area (Å²) >= 11 is 6.57. The minimum absolute atomic E-state index is 0.407. The number of benzene rings is 3. The molecule has 1 aliphatic rings. The molecule has 1 unspecified atom stereocenters. The van der Waals surface area contributed by atoms with Gasteiger partial charge in [0, 0.05) is 27.7 Å². The van der Waals surface area contributed by atoms with Crippen molar-refractivity contribution in [2.45, 2.75) is 44.6 Å². The average Bonchev–Trinajstić information content (AvgIpc) is 2.83. The Hall–Kier alpha value is -2.79. The van der Waals surface area contributed by atoms with Crippen LogP contribution in [0.3, 0.4) is 0 Å². The number of hydrogen-bond donors (Lipinski definition) is 1. The second kappa shape index (κ2) is 10.2. The Labute approximate surface area is 196 Å². The van der Waals surface area contributed by atoms with Gasteiger partial charge in [-0.2, -0.15) is 0 Å². The van der Waals surface area contributed by atoms with E-state index in [0.717, 1.165) is 35.1 Å². The van der Waals surface area contributed by atoms with Crippen LogP contribution in [0, 0.1) is 17.8 Å². The molecule has 3 aromatic carbocycles. The van der Waals surface area contributed by atoms with Gasteiger partial charge in [-0.1, -0.05) is 122 Å². The van der Waals surface area contributed by atoms with Gasteiger partial charge in [-0.15, -0.1) is 0 Å². The van der Waals surface area contributed by atoms with Crippen molar-refractivity contribution in [3.8, 4) is 11.8 Å². The van der Waals surface area contributed by atoms with Crippen molar-refractivity contribution in [3.63, 3.8) is 0 Å². The summed E-state index contributed by atoms with van der Waals surface area (Å²) in [5.41, 5.74) is 2.92. The van der Waals surface area contributed by atoms with E-state index in [9.17, 15) is 5.11 Å². The lowest BCUT2D eigenvalue weighted by atomic mass is 9.79. The van der Waals surface area contributed by atoms with Gasteiger partial charge in [0.1, 0.15) is 5.60 Å². The molecule has 0 heterocycles. The zero-order valence-corrected chi connectivity index (χ0v) is 19.3. The Balaban J connectivity index is 1.98. The Bertz CT molecular complexity index is 1130. The zero-order valence-electron chi connectivity index (χ0n) is 18.5. The Kier molecular flexibility index (Phi) is 7.15. The maximum Gasteiger partial charge on any atom is 0.115 e. The third-order valence-electron chi connectivity index (χ3n) is 6.27. The van der Waals surface area contributed by atoms with Gasteiger partial charge in [0.25, 0.3) is 0 Å². The molecule has 2 heteroatoms. The summed E-state index contributed by atoms with van der Waals surface area (Å²) in [6.07, 6.45) is 6.09. The van der Waals surface area contributed by atoms with Crippen LogP contribution in [0.25, 0.3) is 11.1 Å². The molecule has 1 N–H and O–H groups in total. The lowest BCUT2D eigenvalue weighted by Gasteiger charge is -2.30. The highest BCUT2D eigenvalue weighted by molar-refractivity contribution is 6.31. The molecule has 1 atom stereocenters. The summed E-state index contributed by atoms with van der Waals surface area (Å²) in [7, 11) is 0. The quantitative estimate of drug-likeness (QED) is 0.325. The largest absolute Gasteiger partial charge is 0.381 e. The highest BCUT2D eigenvalue weighted by atomic mass is 35.5. The van der Waals surface area contributed by atoms with Crippen LogP contribution in [0.2, 0.25) is 5.02 Å². The molecule has 0 bridgehead atoms. The summed E-state index contributed by atoms with van der Waals surface area (Å²) in [5, 5.41) is 12.6. The van der Waals surface area contributed by atoms with Gasteiger partial charge in [0.2, 0.25) is 0 Å². The standard InChI is InChI=1S/C30H29ClO/c1-30(32,27-19-11-12-20-28(27)31)29(25-17-9-4-10-18-25)26(24-15-7-3-8-16-24)22-21-23-13-5-2-6-14-23/h3-4,7-12,15-20,23,32H,2,5-6,13-14H2,1H3/b29-26+. The molecular formula is C30H29ClO. The normalized spacial score (nSPS) is 17.0. The fourth-order valence-corrected chi connectivity index (χ4v) is 4.89. The fraction of sp³-hybridized carbons (Fsp3) is 0.267. The molecule has 0 aliphatic heterocycles. The highest BCUT2D eigenvalue weighted by Crippen LogP contribution is 2.43. The van der Waals surface area contributed by atoms with Gasteiger partial charge in [-0.05, 0) is 37.0 Å². The van der Waals surface area contributed by atoms with E-state index in [1.807, 2.05) is 79.7 Å². The molecule has 3 aromatic rings. The Morgan fingerprint density at radius 3 is 2.00 bits per heavy atom. The number of allylic oxidation sites excluding steroid dienone is 1. The van der Waals surface area contributed by atoms with Crippen LogP contribution >= 0.6 is 11.6 Å². The minimum atomic E-state index is -1.33. The van der Waals surface area contributed by atoms with Gasteiger partial charge >= 0.3 is 0 Å². The molecule has 1 nitrogen and oxygen atoms in total. The molecule has 1 saturated carbocycles. The molecule has 0 radical (unpaired) electrons. The molecule has 0 aromatic heterocycles. The van der Waals surface area contributed by atoms with Crippen molar-refractivity contribution in [2.75, 3.05) is 0 Å². The molecule has 1 fully saturated rings. The third-order valence-corrected chi connectivity index (χ3v) is 6.60. The van der Waals surface area contributed by atoms with Gasteiger partial charge in [-0.3, -0.25) is 0 Å². The summed E-state index contributed by atoms with van der Waals surface area (Å²) in [6.45, 7) is 1.82. The molecule has 1 aliphatic carbocycles. The van der Waals surface area contributed by atoms with E-state index in [0.29, 0.717) is 16.5 Å². The molecule has 0 saturated heterocycles. The van der Waals surface area contributed by atoms with E-state index < -0.39 is 5.60 Å². The SMILES string of the molecule is CC(O)(/C(=C(\C#CC1CCCCC1)c1ccccc1)c1ccccc1)c1ccccc1Cl. The third kappa shape index (κ3) is 4.99. The first-order chi connectivity index (χ1) is 15.6. The second-order valence-electron chi connectivity index (χ2n) is 8.64. The van der Waals surface area contributed by atoms with Crippen LogP contribution in [-0.2, 0) is 5.60 Å². The van der Waals surface area contributed by atoms with Crippen molar-refractivity contribution >= 4 is 22.7 Å². The van der Waals surface area contributed by atoms with E-state index in [1.54, 1.807) is 0 Å². The summed E-state index contributed by atoms with van der Waals surface area (Å²) in [6, 6.07) is 27.7. The fourth-order valence-electron chi connectivity index (χ4n) is 4.57. The van der Waals surface area contributed by atoms with Crippen molar-refractivity contribution in [2.24, 2.45) is 5.92 Å². The van der Waals surface area contributed by atoms with Crippen LogP contribution in [0.4, 0.5) is 0 Å². The molecule has 0 amide bonds. The van der Waals surface area contributed by atoms with Crippen molar-refractivity contribution in [1.29, 1.82) is 0 Å².